The predicted octanol–water partition coefficient (Wildman–Crippen LogP) is 4.14. The number of benzene rings is 1. The maximum atomic E-state index is 6.24. The number of halogens is 1. The lowest BCUT2D eigenvalue weighted by Gasteiger charge is -2.13. The minimum atomic E-state index is -0.0123. The summed E-state index contributed by atoms with van der Waals surface area (Å²) in [6.07, 6.45) is 1.75. The molecule has 19 heavy (non-hydrogen) atoms. The molecule has 1 heterocycles. The number of pyridine rings is 1. The van der Waals surface area contributed by atoms with Crippen molar-refractivity contribution in [1.82, 2.24) is 4.98 Å². The van der Waals surface area contributed by atoms with Gasteiger partial charge in [0.1, 0.15) is 5.03 Å². The van der Waals surface area contributed by atoms with Gasteiger partial charge in [-0.15, -0.1) is 11.8 Å². The van der Waals surface area contributed by atoms with E-state index in [0.29, 0.717) is 5.02 Å². The average Bonchev–Trinajstić information content (AvgIpc) is 2.36. The van der Waals surface area contributed by atoms with Crippen LogP contribution in [0.2, 0.25) is 5.02 Å². The van der Waals surface area contributed by atoms with Crippen LogP contribution in [0.1, 0.15) is 22.7 Å². The van der Waals surface area contributed by atoms with Gasteiger partial charge in [-0.1, -0.05) is 40.9 Å². The molecule has 1 aromatic carbocycles. The van der Waals surface area contributed by atoms with Gasteiger partial charge >= 0.3 is 0 Å². The molecule has 0 saturated carbocycles. The second kappa shape index (κ2) is 6.42. The Morgan fingerprint density at radius 1 is 1.26 bits per heavy atom. The smallest absolute Gasteiger partial charge is 0.115 e. The Labute approximate surface area is 123 Å². The molecule has 0 aliphatic carbocycles. The van der Waals surface area contributed by atoms with E-state index in [1.54, 1.807) is 18.0 Å². The van der Waals surface area contributed by atoms with Gasteiger partial charge in [-0.25, -0.2) is 4.98 Å². The van der Waals surface area contributed by atoms with Gasteiger partial charge in [0.15, 0.2) is 0 Å². The SMILES string of the molecule is Cc1cc(C)cc(C(N)CSc2ncccc2Cl)c1. The van der Waals surface area contributed by atoms with Crippen molar-refractivity contribution in [2.45, 2.75) is 24.9 Å². The highest BCUT2D eigenvalue weighted by Crippen LogP contribution is 2.27. The first kappa shape index (κ1) is 14.4. The summed E-state index contributed by atoms with van der Waals surface area (Å²) in [4.78, 5) is 4.25. The van der Waals surface area contributed by atoms with Crippen LogP contribution in [0.25, 0.3) is 0 Å². The fraction of sp³-hybridized carbons (Fsp3) is 0.267. The fourth-order valence-electron chi connectivity index (χ4n) is 1.97. The zero-order valence-corrected chi connectivity index (χ0v) is 12.6. The number of rotatable bonds is 4. The van der Waals surface area contributed by atoms with Gasteiger partial charge in [0, 0.05) is 18.0 Å². The standard InChI is InChI=1S/C15H17ClN2S/c1-10-6-11(2)8-12(7-10)14(17)9-19-15-13(16)4-3-5-18-15/h3-8,14H,9,17H2,1-2H3. The molecular weight excluding hydrogens is 276 g/mol. The van der Waals surface area contributed by atoms with Gasteiger partial charge < -0.3 is 5.73 Å². The van der Waals surface area contributed by atoms with Crippen molar-refractivity contribution in [3.05, 3.63) is 58.2 Å². The average molecular weight is 293 g/mol. The Morgan fingerprint density at radius 3 is 2.58 bits per heavy atom. The van der Waals surface area contributed by atoms with Gasteiger partial charge in [0.05, 0.1) is 5.02 Å². The molecule has 2 aromatic rings. The van der Waals surface area contributed by atoms with Crippen LogP contribution in [0.3, 0.4) is 0 Å². The summed E-state index contributed by atoms with van der Waals surface area (Å²) in [7, 11) is 0. The topological polar surface area (TPSA) is 38.9 Å². The molecule has 2 rings (SSSR count). The van der Waals surface area contributed by atoms with E-state index in [1.807, 2.05) is 12.1 Å². The number of hydrogen-bond donors (Lipinski definition) is 1. The van der Waals surface area contributed by atoms with Crippen molar-refractivity contribution in [3.63, 3.8) is 0 Å². The van der Waals surface area contributed by atoms with Gasteiger partial charge in [0.2, 0.25) is 0 Å². The Hall–Kier alpha value is -1.03. The lowest BCUT2D eigenvalue weighted by Crippen LogP contribution is -2.13. The van der Waals surface area contributed by atoms with E-state index in [2.05, 4.69) is 37.0 Å². The largest absolute Gasteiger partial charge is 0.323 e. The molecule has 0 saturated heterocycles. The first-order valence-corrected chi connectivity index (χ1v) is 7.49. The highest BCUT2D eigenvalue weighted by molar-refractivity contribution is 7.99. The summed E-state index contributed by atoms with van der Waals surface area (Å²) in [5.41, 5.74) is 9.89. The Balaban J connectivity index is 2.05. The third-order valence-electron chi connectivity index (χ3n) is 2.80. The first-order chi connectivity index (χ1) is 9.06. The van der Waals surface area contributed by atoms with Crippen molar-refractivity contribution in [3.8, 4) is 0 Å². The molecular formula is C15H17ClN2S. The molecule has 0 radical (unpaired) electrons. The van der Waals surface area contributed by atoms with Crippen LogP contribution < -0.4 is 5.73 Å². The molecule has 0 fully saturated rings. The van der Waals surface area contributed by atoms with Gasteiger partial charge in [0.25, 0.3) is 0 Å². The van der Waals surface area contributed by atoms with Crippen LogP contribution >= 0.6 is 23.4 Å². The van der Waals surface area contributed by atoms with Crippen molar-refractivity contribution < 1.29 is 0 Å². The molecule has 0 spiro atoms. The minimum Gasteiger partial charge on any atom is -0.323 e. The summed E-state index contributed by atoms with van der Waals surface area (Å²) in [6.45, 7) is 4.18. The van der Waals surface area contributed by atoms with Crippen molar-refractivity contribution >= 4 is 23.4 Å². The van der Waals surface area contributed by atoms with E-state index in [1.165, 1.54) is 11.1 Å². The molecule has 2 nitrogen and oxygen atoms in total. The maximum Gasteiger partial charge on any atom is 0.115 e. The first-order valence-electron chi connectivity index (χ1n) is 6.13. The lowest BCUT2D eigenvalue weighted by molar-refractivity contribution is 0.827. The van der Waals surface area contributed by atoms with E-state index in [4.69, 9.17) is 17.3 Å². The highest BCUT2D eigenvalue weighted by atomic mass is 35.5. The van der Waals surface area contributed by atoms with Crippen LogP contribution in [0.15, 0.2) is 41.6 Å². The van der Waals surface area contributed by atoms with Crippen LogP contribution in [0, 0.1) is 13.8 Å². The predicted molar refractivity (Wildman–Crippen MR) is 82.8 cm³/mol. The van der Waals surface area contributed by atoms with Gasteiger partial charge in [-0.3, -0.25) is 0 Å². The quantitative estimate of drug-likeness (QED) is 0.861. The third kappa shape index (κ3) is 3.96. The Morgan fingerprint density at radius 2 is 1.95 bits per heavy atom. The van der Waals surface area contributed by atoms with E-state index < -0.39 is 0 Å². The molecule has 1 atom stereocenters. The monoisotopic (exact) mass is 292 g/mol. The summed E-state index contributed by atoms with van der Waals surface area (Å²) in [5, 5.41) is 1.52. The Bertz CT molecular complexity index is 552. The summed E-state index contributed by atoms with van der Waals surface area (Å²) in [6, 6.07) is 10.1. The lowest BCUT2D eigenvalue weighted by atomic mass is 10.0. The summed E-state index contributed by atoms with van der Waals surface area (Å²) in [5.74, 6) is 0.764. The second-order valence-corrected chi connectivity index (χ2v) is 6.04. The zero-order valence-electron chi connectivity index (χ0n) is 11.1. The van der Waals surface area contributed by atoms with E-state index in [-0.39, 0.29) is 6.04 Å². The molecule has 0 bridgehead atoms. The molecule has 100 valence electrons. The molecule has 1 aromatic heterocycles. The number of aryl methyl sites for hydroxylation is 2. The highest BCUT2D eigenvalue weighted by Gasteiger charge is 2.10. The number of aromatic nitrogens is 1. The van der Waals surface area contributed by atoms with Gasteiger partial charge in [-0.2, -0.15) is 0 Å². The number of thioether (sulfide) groups is 1. The molecule has 0 amide bonds. The molecule has 1 unspecified atom stereocenters. The summed E-state index contributed by atoms with van der Waals surface area (Å²) < 4.78 is 0. The second-order valence-electron chi connectivity index (χ2n) is 4.63. The maximum absolute atomic E-state index is 6.24. The van der Waals surface area contributed by atoms with Crippen LogP contribution in [0.4, 0.5) is 0 Å². The van der Waals surface area contributed by atoms with Crippen molar-refractivity contribution in [2.24, 2.45) is 5.73 Å². The minimum absolute atomic E-state index is 0.0123. The van der Waals surface area contributed by atoms with Gasteiger partial charge in [-0.05, 0) is 31.5 Å². The zero-order chi connectivity index (χ0) is 13.8. The molecule has 0 aliphatic rings. The Kier molecular flexibility index (Phi) is 4.86. The number of hydrogen-bond acceptors (Lipinski definition) is 3. The number of nitrogens with two attached hydrogens (primary N) is 1. The van der Waals surface area contributed by atoms with Crippen molar-refractivity contribution in [2.75, 3.05) is 5.75 Å². The van der Waals surface area contributed by atoms with E-state index in [0.717, 1.165) is 16.3 Å². The van der Waals surface area contributed by atoms with E-state index in [9.17, 15) is 0 Å². The summed E-state index contributed by atoms with van der Waals surface area (Å²) >= 11 is 7.67. The number of nitrogens with zero attached hydrogens (tertiary/aromatic N) is 1. The van der Waals surface area contributed by atoms with Crippen LogP contribution in [-0.4, -0.2) is 10.7 Å². The van der Waals surface area contributed by atoms with E-state index >= 15 is 0 Å². The molecule has 2 N–H and O–H groups in total. The van der Waals surface area contributed by atoms with Crippen LogP contribution in [-0.2, 0) is 0 Å². The normalized spacial score (nSPS) is 12.4. The third-order valence-corrected chi connectivity index (χ3v) is 4.34. The fourth-order valence-corrected chi connectivity index (χ4v) is 3.12. The molecule has 0 aliphatic heterocycles. The van der Waals surface area contributed by atoms with Crippen molar-refractivity contribution in [1.29, 1.82) is 0 Å². The molecule has 4 heteroatoms. The van der Waals surface area contributed by atoms with Crippen LogP contribution in [0.5, 0.6) is 0 Å².